The van der Waals surface area contributed by atoms with E-state index in [0.29, 0.717) is 42.6 Å². The molecule has 2 N–H and O–H groups in total. The molecule has 1 aliphatic heterocycles. The third-order valence-electron chi connectivity index (χ3n) is 11.2. The number of rotatable bonds is 7. The van der Waals surface area contributed by atoms with Crippen LogP contribution in [0.5, 0.6) is 0 Å². The van der Waals surface area contributed by atoms with Gasteiger partial charge < -0.3 is 14.9 Å². The molecule has 8 rings (SSSR count). The van der Waals surface area contributed by atoms with E-state index in [-0.39, 0.29) is 24.1 Å². The molecule has 2 saturated carbocycles. The molecule has 2 fully saturated rings. The standard InChI is InChI=1S/C25H25BrN2O2.C17H23BrN2.2CO2/c1-16-11-12-20-21(15-16)27(23(26)22(20)17-7-3-2-4-8-17)13-14-28-24(29)18-9-5-6-10-19(18)25(28)30;1-12-7-8-14-15(11-12)20(10-9-19)17(18)16(14)13-5-3-2-4-6-13;2*2-1-3/h5-6,9-12,15,17H,2-4,7-8,13-14H2,1H3;7-8,11,13H,2-6,9-10,19H2,1H3;;. The van der Waals surface area contributed by atoms with Crippen molar-refractivity contribution in [3.63, 3.8) is 0 Å². The molecule has 0 spiro atoms. The average molecular weight is 889 g/mol. The maximum atomic E-state index is 12.8. The van der Waals surface area contributed by atoms with Crippen molar-refractivity contribution in [2.24, 2.45) is 5.73 Å². The molecule has 294 valence electrons. The molecule has 2 aliphatic carbocycles. The van der Waals surface area contributed by atoms with Gasteiger partial charge in [0.05, 0.1) is 20.3 Å². The van der Waals surface area contributed by atoms with E-state index >= 15 is 0 Å². The highest BCUT2D eigenvalue weighted by Gasteiger charge is 2.35. The Balaban J connectivity index is 0.000000199. The van der Waals surface area contributed by atoms with Crippen LogP contribution in [-0.2, 0) is 32.3 Å². The lowest BCUT2D eigenvalue weighted by atomic mass is 9.84. The summed E-state index contributed by atoms with van der Waals surface area (Å²) in [5, 5.41) is 2.71. The number of benzene rings is 3. The summed E-state index contributed by atoms with van der Waals surface area (Å²) in [5.41, 5.74) is 14.8. The minimum atomic E-state index is -0.188. The van der Waals surface area contributed by atoms with E-state index in [1.807, 2.05) is 12.1 Å². The van der Waals surface area contributed by atoms with Gasteiger partial charge in [-0.1, -0.05) is 74.9 Å². The summed E-state index contributed by atoms with van der Waals surface area (Å²) in [6.07, 6.45) is 13.6. The predicted molar refractivity (Wildman–Crippen MR) is 221 cm³/mol. The van der Waals surface area contributed by atoms with Crippen molar-refractivity contribution in [1.82, 2.24) is 14.0 Å². The molecule has 2 amide bonds. The number of hydrogen-bond acceptors (Lipinski definition) is 7. The lowest BCUT2D eigenvalue weighted by Gasteiger charge is -2.22. The number of carbonyl (C=O) groups is 2. The van der Waals surface area contributed by atoms with Crippen LogP contribution in [0.15, 0.2) is 69.9 Å². The summed E-state index contributed by atoms with van der Waals surface area (Å²) in [6.45, 7) is 6.78. The van der Waals surface area contributed by atoms with Crippen molar-refractivity contribution in [1.29, 1.82) is 0 Å². The number of imide groups is 1. The summed E-state index contributed by atoms with van der Waals surface area (Å²) >= 11 is 7.76. The number of halogens is 2. The minimum Gasteiger partial charge on any atom is -0.334 e. The molecule has 0 unspecified atom stereocenters. The Morgan fingerprint density at radius 2 is 1.00 bits per heavy atom. The lowest BCUT2D eigenvalue weighted by Crippen LogP contribution is -2.33. The van der Waals surface area contributed by atoms with Crippen molar-refractivity contribution in [3.8, 4) is 0 Å². The van der Waals surface area contributed by atoms with Gasteiger partial charge in [-0.05, 0) is 130 Å². The van der Waals surface area contributed by atoms with Gasteiger partial charge in [-0.25, -0.2) is 0 Å². The largest absolute Gasteiger partial charge is 0.373 e. The number of amides is 2. The second-order valence-corrected chi connectivity index (χ2v) is 16.2. The van der Waals surface area contributed by atoms with Crippen molar-refractivity contribution >= 4 is 77.8 Å². The molecule has 0 saturated heterocycles. The molecule has 0 radical (unpaired) electrons. The number of hydrogen-bond donors (Lipinski definition) is 1. The number of nitrogens with zero attached hydrogens (tertiary/aromatic N) is 3. The highest BCUT2D eigenvalue weighted by atomic mass is 79.9. The van der Waals surface area contributed by atoms with Crippen LogP contribution in [0.2, 0.25) is 0 Å². The van der Waals surface area contributed by atoms with Gasteiger partial charge in [0.25, 0.3) is 11.8 Å². The third kappa shape index (κ3) is 9.22. The summed E-state index contributed by atoms with van der Waals surface area (Å²) in [4.78, 5) is 59.4. The van der Waals surface area contributed by atoms with Crippen LogP contribution in [0.1, 0.15) is 119 Å². The van der Waals surface area contributed by atoms with Crippen molar-refractivity contribution < 1.29 is 28.8 Å². The highest BCUT2D eigenvalue weighted by Crippen LogP contribution is 2.44. The first-order chi connectivity index (χ1) is 27.1. The van der Waals surface area contributed by atoms with Crippen LogP contribution in [0.4, 0.5) is 0 Å². The number of nitrogens with two attached hydrogens (primary N) is 1. The predicted octanol–water partition coefficient (Wildman–Crippen LogP) is 9.61. The van der Waals surface area contributed by atoms with Crippen LogP contribution >= 0.6 is 31.9 Å². The molecule has 12 heteroatoms. The minimum absolute atomic E-state index is 0.188. The SMILES string of the molecule is Cc1ccc2c(C3CCCCC3)c(Br)n(CCN)c2c1.Cc1ccc2c(C3CCCCC3)c(Br)n(CCN3C(=O)c4ccccc4C3=O)c2c1.O=C=O.O=C=O. The maximum Gasteiger partial charge on any atom is 0.373 e. The first kappa shape index (κ1) is 42.7. The molecule has 3 aliphatic rings. The molecule has 0 bridgehead atoms. The third-order valence-corrected chi connectivity index (χ3v) is 12.9. The Bertz CT molecular complexity index is 2210. The molecule has 2 aromatic heterocycles. The monoisotopic (exact) mass is 886 g/mol. The molecule has 3 aromatic carbocycles. The van der Waals surface area contributed by atoms with Crippen molar-refractivity contribution in [2.45, 2.75) is 103 Å². The zero-order valence-corrected chi connectivity index (χ0v) is 35.1. The first-order valence-electron chi connectivity index (χ1n) is 19.3. The lowest BCUT2D eigenvalue weighted by molar-refractivity contribution is -0.193. The van der Waals surface area contributed by atoms with Crippen molar-refractivity contribution in [2.75, 3.05) is 13.1 Å². The van der Waals surface area contributed by atoms with E-state index < -0.39 is 0 Å². The second-order valence-electron chi connectivity index (χ2n) is 14.7. The summed E-state index contributed by atoms with van der Waals surface area (Å²) < 4.78 is 6.96. The number of aryl methyl sites for hydroxylation is 2. The molecular weight excluding hydrogens is 840 g/mol. The Hall–Kier alpha value is -4.44. The van der Waals surface area contributed by atoms with Gasteiger partial charge in [0.2, 0.25) is 0 Å². The first-order valence-corrected chi connectivity index (χ1v) is 20.9. The fraction of sp³-hybridized carbons (Fsp3) is 0.409. The Morgan fingerprint density at radius 1 is 0.607 bits per heavy atom. The Labute approximate surface area is 344 Å². The van der Waals surface area contributed by atoms with E-state index in [4.69, 9.17) is 24.9 Å². The van der Waals surface area contributed by atoms with E-state index in [1.165, 1.54) is 118 Å². The van der Waals surface area contributed by atoms with Gasteiger partial charge in [-0.2, -0.15) is 19.2 Å². The topological polar surface area (TPSA) is 142 Å². The molecule has 0 atom stereocenters. The van der Waals surface area contributed by atoms with Crippen LogP contribution in [0.25, 0.3) is 21.8 Å². The quantitative estimate of drug-likeness (QED) is 0.161. The summed E-state index contributed by atoms with van der Waals surface area (Å²) in [7, 11) is 0. The molecule has 56 heavy (non-hydrogen) atoms. The van der Waals surface area contributed by atoms with Gasteiger partial charge in [-0.3, -0.25) is 14.5 Å². The summed E-state index contributed by atoms with van der Waals surface area (Å²) in [5.74, 6) is 0.903. The molecular formula is C44H48Br2N4O6. The Kier molecular flexibility index (Phi) is 15.3. The Morgan fingerprint density at radius 3 is 1.39 bits per heavy atom. The van der Waals surface area contributed by atoms with Gasteiger partial charge in [0, 0.05) is 48.0 Å². The molecule has 3 heterocycles. The fourth-order valence-corrected chi connectivity index (χ4v) is 10.5. The van der Waals surface area contributed by atoms with E-state index in [2.05, 4.69) is 91.2 Å². The van der Waals surface area contributed by atoms with E-state index in [1.54, 1.807) is 12.1 Å². The number of fused-ring (bicyclic) bond motifs is 3. The van der Waals surface area contributed by atoms with E-state index in [9.17, 15) is 9.59 Å². The van der Waals surface area contributed by atoms with Crippen LogP contribution in [0.3, 0.4) is 0 Å². The summed E-state index contributed by atoms with van der Waals surface area (Å²) in [6, 6.07) is 20.5. The maximum absolute atomic E-state index is 12.8. The number of carbonyl (C=O) groups excluding carboxylic acids is 6. The zero-order chi connectivity index (χ0) is 40.4. The highest BCUT2D eigenvalue weighted by molar-refractivity contribution is 9.10. The smallest absolute Gasteiger partial charge is 0.334 e. The molecule has 5 aromatic rings. The van der Waals surface area contributed by atoms with Crippen LogP contribution in [-0.4, -0.2) is 51.2 Å². The average Bonchev–Trinajstić information content (AvgIpc) is 3.73. The van der Waals surface area contributed by atoms with E-state index in [0.717, 1.165) is 11.1 Å². The van der Waals surface area contributed by atoms with Gasteiger partial charge in [0.15, 0.2) is 0 Å². The number of aromatic nitrogens is 2. The van der Waals surface area contributed by atoms with Gasteiger partial charge in [-0.15, -0.1) is 0 Å². The second kappa shape index (κ2) is 20.1. The van der Waals surface area contributed by atoms with Crippen molar-refractivity contribution in [3.05, 3.63) is 103 Å². The van der Waals surface area contributed by atoms with Gasteiger partial charge in [0.1, 0.15) is 0 Å². The van der Waals surface area contributed by atoms with Gasteiger partial charge >= 0.3 is 12.3 Å². The van der Waals surface area contributed by atoms with Crippen LogP contribution in [0, 0.1) is 13.8 Å². The van der Waals surface area contributed by atoms with Crippen LogP contribution < -0.4 is 5.73 Å². The zero-order valence-electron chi connectivity index (χ0n) is 32.0. The molecule has 10 nitrogen and oxygen atoms in total. The normalized spacial score (nSPS) is 15.6. The fourth-order valence-electron chi connectivity index (χ4n) is 8.68.